The molecule has 0 atom stereocenters. The minimum absolute atomic E-state index is 0.537. The van der Waals surface area contributed by atoms with Crippen molar-refractivity contribution in [3.05, 3.63) is 11.7 Å². The van der Waals surface area contributed by atoms with Crippen molar-refractivity contribution in [2.75, 3.05) is 6.26 Å². The van der Waals surface area contributed by atoms with Crippen molar-refractivity contribution in [3.63, 3.8) is 0 Å². The highest BCUT2D eigenvalue weighted by atomic mass is 32.2. The quantitative estimate of drug-likeness (QED) is 0.759. The third-order valence-corrected chi connectivity index (χ3v) is 5.00. The van der Waals surface area contributed by atoms with Crippen LogP contribution in [0.4, 0.5) is 0 Å². The Morgan fingerprint density at radius 3 is 2.72 bits per heavy atom. The van der Waals surface area contributed by atoms with Gasteiger partial charge in [-0.15, -0.1) is 10.2 Å². The second kappa shape index (κ2) is 6.53. The fraction of sp³-hybridized carbons (Fsp3) is 0.600. The molecule has 0 N–H and O–H groups in total. The number of nitrogens with zero attached hydrogens (tertiary/aromatic N) is 4. The predicted molar refractivity (Wildman–Crippen MR) is 74.1 cm³/mol. The molecule has 0 saturated carbocycles. The number of rotatable bonds is 6. The molecule has 0 radical (unpaired) electrons. The zero-order valence-electron chi connectivity index (χ0n) is 10.4. The smallest absolute Gasteiger partial charge is 0.237 e. The molecule has 8 heteroatoms. The summed E-state index contributed by atoms with van der Waals surface area (Å²) in [6, 6.07) is 0. The Balaban J connectivity index is 1.87. The molecule has 0 saturated heterocycles. The molecule has 2 aromatic rings. The van der Waals surface area contributed by atoms with Crippen LogP contribution in [-0.4, -0.2) is 26.6 Å². The molecular weight excluding hydrogens is 288 g/mol. The summed E-state index contributed by atoms with van der Waals surface area (Å²) in [6.45, 7) is 4.27. The highest BCUT2D eigenvalue weighted by Crippen LogP contribution is 2.29. The van der Waals surface area contributed by atoms with E-state index in [1.54, 1.807) is 34.9 Å². The highest BCUT2D eigenvalue weighted by Gasteiger charge is 2.10. The predicted octanol–water partition coefficient (Wildman–Crippen LogP) is 3.13. The van der Waals surface area contributed by atoms with Gasteiger partial charge in [-0.25, -0.2) is 0 Å². The van der Waals surface area contributed by atoms with Crippen LogP contribution in [0.1, 0.15) is 25.6 Å². The van der Waals surface area contributed by atoms with Gasteiger partial charge in [0, 0.05) is 6.42 Å². The maximum atomic E-state index is 5.19. The van der Waals surface area contributed by atoms with Crippen LogP contribution in [-0.2, 0) is 12.2 Å². The Kier molecular flexibility index (Phi) is 5.02. The van der Waals surface area contributed by atoms with Gasteiger partial charge >= 0.3 is 0 Å². The summed E-state index contributed by atoms with van der Waals surface area (Å²) < 4.78 is 7.10. The van der Waals surface area contributed by atoms with Crippen LogP contribution < -0.4 is 0 Å². The maximum absolute atomic E-state index is 5.19. The number of thioether (sulfide) groups is 2. The number of hydrogen-bond acceptors (Lipinski definition) is 8. The minimum atomic E-state index is 0.537. The number of aromatic nitrogens is 4. The Morgan fingerprint density at radius 2 is 2.06 bits per heavy atom. The van der Waals surface area contributed by atoms with Gasteiger partial charge in [0.2, 0.25) is 5.89 Å². The van der Waals surface area contributed by atoms with E-state index in [0.717, 1.165) is 20.9 Å². The van der Waals surface area contributed by atoms with Gasteiger partial charge < -0.3 is 4.52 Å². The molecule has 2 rings (SSSR count). The largest absolute Gasteiger partial charge is 0.338 e. The fourth-order valence-corrected chi connectivity index (χ4v) is 3.53. The van der Waals surface area contributed by atoms with Crippen molar-refractivity contribution in [2.24, 2.45) is 5.92 Å². The van der Waals surface area contributed by atoms with Gasteiger partial charge in [0.1, 0.15) is 0 Å². The average molecular weight is 302 g/mol. The van der Waals surface area contributed by atoms with Gasteiger partial charge in [0.25, 0.3) is 0 Å². The van der Waals surface area contributed by atoms with E-state index in [9.17, 15) is 0 Å². The Labute approximate surface area is 118 Å². The van der Waals surface area contributed by atoms with Crippen molar-refractivity contribution in [1.29, 1.82) is 0 Å². The zero-order chi connectivity index (χ0) is 13.0. The average Bonchev–Trinajstić information content (AvgIpc) is 2.94. The topological polar surface area (TPSA) is 64.7 Å². The van der Waals surface area contributed by atoms with Crippen LogP contribution in [0.15, 0.2) is 13.2 Å². The van der Waals surface area contributed by atoms with Crippen molar-refractivity contribution >= 4 is 34.9 Å². The van der Waals surface area contributed by atoms with E-state index in [2.05, 4.69) is 34.2 Å². The molecule has 0 amide bonds. The Hall–Kier alpha value is -0.600. The van der Waals surface area contributed by atoms with Crippen LogP contribution in [0.2, 0.25) is 0 Å². The van der Waals surface area contributed by atoms with Gasteiger partial charge in [0.15, 0.2) is 14.5 Å². The molecule has 98 valence electrons. The molecule has 0 unspecified atom stereocenters. The summed E-state index contributed by atoms with van der Waals surface area (Å²) in [4.78, 5) is 4.35. The molecule has 0 aliphatic carbocycles. The lowest BCUT2D eigenvalue weighted by Crippen LogP contribution is -1.96. The third kappa shape index (κ3) is 3.96. The van der Waals surface area contributed by atoms with Gasteiger partial charge in [0.05, 0.1) is 5.75 Å². The van der Waals surface area contributed by atoms with Gasteiger partial charge in [-0.2, -0.15) is 4.98 Å². The Morgan fingerprint density at radius 1 is 1.28 bits per heavy atom. The third-order valence-electron chi connectivity index (χ3n) is 1.98. The van der Waals surface area contributed by atoms with Crippen LogP contribution in [0.5, 0.6) is 0 Å². The van der Waals surface area contributed by atoms with Gasteiger partial charge in [-0.1, -0.05) is 53.9 Å². The summed E-state index contributed by atoms with van der Waals surface area (Å²) >= 11 is 4.76. The normalized spacial score (nSPS) is 11.3. The molecule has 2 heterocycles. The van der Waals surface area contributed by atoms with E-state index in [1.807, 2.05) is 6.26 Å². The highest BCUT2D eigenvalue weighted by molar-refractivity contribution is 8.02. The van der Waals surface area contributed by atoms with Crippen molar-refractivity contribution < 1.29 is 4.52 Å². The molecule has 0 spiro atoms. The first-order valence-corrected chi connectivity index (χ1v) is 8.52. The molecule has 0 aromatic carbocycles. The lowest BCUT2D eigenvalue weighted by Gasteiger charge is -1.95. The maximum Gasteiger partial charge on any atom is 0.237 e. The SMILES string of the molecule is CSc1nnc(SCc2nc(CC(C)C)no2)s1. The van der Waals surface area contributed by atoms with Crippen LogP contribution >= 0.6 is 34.9 Å². The summed E-state index contributed by atoms with van der Waals surface area (Å²) in [5, 5.41) is 12.1. The van der Waals surface area contributed by atoms with E-state index in [1.165, 1.54) is 0 Å². The molecular formula is C10H14N4OS3. The number of hydrogen-bond donors (Lipinski definition) is 0. The monoisotopic (exact) mass is 302 g/mol. The summed E-state index contributed by atoms with van der Waals surface area (Å²) in [7, 11) is 0. The first-order chi connectivity index (χ1) is 8.67. The molecule has 0 bridgehead atoms. The molecule has 18 heavy (non-hydrogen) atoms. The van der Waals surface area contributed by atoms with Crippen LogP contribution in [0.3, 0.4) is 0 Å². The molecule has 0 aliphatic rings. The summed E-state index contributed by atoms with van der Waals surface area (Å²) in [5.41, 5.74) is 0. The summed E-state index contributed by atoms with van der Waals surface area (Å²) in [6.07, 6.45) is 2.84. The van der Waals surface area contributed by atoms with Crippen LogP contribution in [0, 0.1) is 5.92 Å². The Bertz CT molecular complexity index is 497. The van der Waals surface area contributed by atoms with Gasteiger partial charge in [-0.05, 0) is 12.2 Å². The molecule has 5 nitrogen and oxygen atoms in total. The molecule has 0 aliphatic heterocycles. The minimum Gasteiger partial charge on any atom is -0.338 e. The van der Waals surface area contributed by atoms with Crippen molar-refractivity contribution in [3.8, 4) is 0 Å². The second-order valence-corrected chi connectivity index (χ2v) is 7.28. The zero-order valence-corrected chi connectivity index (χ0v) is 12.9. The molecule has 2 aromatic heterocycles. The van der Waals surface area contributed by atoms with Crippen molar-refractivity contribution in [2.45, 2.75) is 34.7 Å². The first kappa shape index (κ1) is 13.8. The van der Waals surface area contributed by atoms with E-state index < -0.39 is 0 Å². The standard InChI is InChI=1S/C10H14N4OS3/c1-6(2)4-7-11-8(15-14-7)5-17-10-13-12-9(16-3)18-10/h6H,4-5H2,1-3H3. The van der Waals surface area contributed by atoms with E-state index in [4.69, 9.17) is 4.52 Å². The van der Waals surface area contributed by atoms with Crippen molar-refractivity contribution in [1.82, 2.24) is 20.3 Å². The van der Waals surface area contributed by atoms with E-state index in [-0.39, 0.29) is 0 Å². The molecule has 0 fully saturated rings. The summed E-state index contributed by atoms with van der Waals surface area (Å²) in [5.74, 6) is 2.61. The first-order valence-electron chi connectivity index (χ1n) is 5.49. The lowest BCUT2D eigenvalue weighted by molar-refractivity contribution is 0.382. The van der Waals surface area contributed by atoms with E-state index >= 15 is 0 Å². The lowest BCUT2D eigenvalue weighted by atomic mass is 10.1. The van der Waals surface area contributed by atoms with E-state index in [0.29, 0.717) is 17.6 Å². The second-order valence-electron chi connectivity index (χ2n) is 4.03. The fourth-order valence-electron chi connectivity index (χ4n) is 1.26. The van der Waals surface area contributed by atoms with Gasteiger partial charge in [-0.3, -0.25) is 0 Å². The van der Waals surface area contributed by atoms with Crippen LogP contribution in [0.25, 0.3) is 0 Å².